The molecule has 1 amide bonds. The van der Waals surface area contributed by atoms with E-state index in [1.807, 2.05) is 20.8 Å². The fourth-order valence-electron chi connectivity index (χ4n) is 2.45. The molecule has 1 N–H and O–H groups in total. The molecular formula is C13H24N2O3. The van der Waals surface area contributed by atoms with Gasteiger partial charge in [0.15, 0.2) is 0 Å². The summed E-state index contributed by atoms with van der Waals surface area (Å²) in [4.78, 5) is 16.0. The maximum Gasteiger partial charge on any atom is 0.410 e. The molecule has 0 unspecified atom stereocenters. The highest BCUT2D eigenvalue weighted by Crippen LogP contribution is 2.26. The van der Waals surface area contributed by atoms with E-state index in [0.29, 0.717) is 6.04 Å². The molecule has 5 heteroatoms. The normalized spacial score (nSPS) is 29.9. The average Bonchev–Trinajstić information content (AvgIpc) is 2.23. The van der Waals surface area contributed by atoms with Crippen molar-refractivity contribution in [3.05, 3.63) is 0 Å². The van der Waals surface area contributed by atoms with Crippen molar-refractivity contribution >= 4 is 6.09 Å². The molecule has 0 aromatic heterocycles. The van der Waals surface area contributed by atoms with Crippen molar-refractivity contribution in [3.8, 4) is 0 Å². The number of hydrogen-bond acceptors (Lipinski definition) is 4. The Labute approximate surface area is 109 Å². The molecule has 1 aliphatic carbocycles. The highest BCUT2D eigenvalue weighted by molar-refractivity contribution is 5.68. The zero-order valence-electron chi connectivity index (χ0n) is 11.6. The molecule has 1 saturated carbocycles. The highest BCUT2D eigenvalue weighted by atomic mass is 16.6. The van der Waals surface area contributed by atoms with E-state index in [1.165, 1.54) is 0 Å². The van der Waals surface area contributed by atoms with Crippen LogP contribution in [0, 0.1) is 0 Å². The highest BCUT2D eigenvalue weighted by Gasteiger charge is 2.35. The van der Waals surface area contributed by atoms with Crippen molar-refractivity contribution < 1.29 is 14.6 Å². The Kier molecular flexibility index (Phi) is 3.82. The lowest BCUT2D eigenvalue weighted by Crippen LogP contribution is -2.56. The summed E-state index contributed by atoms with van der Waals surface area (Å²) < 4.78 is 5.36. The molecule has 2 fully saturated rings. The van der Waals surface area contributed by atoms with Gasteiger partial charge < -0.3 is 14.7 Å². The van der Waals surface area contributed by atoms with E-state index in [4.69, 9.17) is 4.74 Å². The average molecular weight is 256 g/mol. The first-order chi connectivity index (χ1) is 8.35. The Bertz CT molecular complexity index is 300. The van der Waals surface area contributed by atoms with Crippen molar-refractivity contribution in [1.29, 1.82) is 0 Å². The van der Waals surface area contributed by atoms with E-state index in [9.17, 15) is 9.90 Å². The van der Waals surface area contributed by atoms with Crippen LogP contribution >= 0.6 is 0 Å². The molecule has 1 aliphatic heterocycles. The van der Waals surface area contributed by atoms with Crippen LogP contribution in [-0.2, 0) is 4.74 Å². The number of rotatable bonds is 1. The van der Waals surface area contributed by atoms with Crippen LogP contribution in [0.2, 0.25) is 0 Å². The van der Waals surface area contributed by atoms with Gasteiger partial charge >= 0.3 is 6.09 Å². The minimum Gasteiger partial charge on any atom is -0.444 e. The first-order valence-corrected chi connectivity index (χ1v) is 6.75. The minimum absolute atomic E-state index is 0.112. The number of ether oxygens (including phenoxy) is 1. The fourth-order valence-corrected chi connectivity index (χ4v) is 2.45. The molecule has 1 heterocycles. The van der Waals surface area contributed by atoms with Gasteiger partial charge in [0.25, 0.3) is 0 Å². The third kappa shape index (κ3) is 3.36. The summed E-state index contributed by atoms with van der Waals surface area (Å²) in [5.74, 6) is 0. The van der Waals surface area contributed by atoms with Gasteiger partial charge in [0, 0.05) is 32.2 Å². The number of amides is 1. The van der Waals surface area contributed by atoms with Crippen LogP contribution in [0.15, 0.2) is 0 Å². The van der Waals surface area contributed by atoms with Gasteiger partial charge in [-0.05, 0) is 33.6 Å². The molecule has 0 radical (unpaired) electrons. The standard InChI is InChI=1S/C13H24N2O3/c1-13(2,3)18-12(17)15-6-4-14(5-7-15)10-8-11(16)9-10/h10-11,16H,4-9H2,1-3H3/t10-,11+. The molecule has 0 bridgehead atoms. The van der Waals surface area contributed by atoms with Gasteiger partial charge in [-0.3, -0.25) is 4.90 Å². The first kappa shape index (κ1) is 13.6. The summed E-state index contributed by atoms with van der Waals surface area (Å²) in [6, 6.07) is 0.515. The number of aliphatic hydroxyl groups excluding tert-OH is 1. The Morgan fingerprint density at radius 1 is 1.17 bits per heavy atom. The second-order valence-electron chi connectivity index (χ2n) is 6.28. The molecule has 1 saturated heterocycles. The first-order valence-electron chi connectivity index (χ1n) is 6.75. The summed E-state index contributed by atoms with van der Waals surface area (Å²) in [5.41, 5.74) is -0.424. The Hall–Kier alpha value is -0.810. The second kappa shape index (κ2) is 5.05. The van der Waals surface area contributed by atoms with Crippen LogP contribution in [0.1, 0.15) is 33.6 Å². The number of nitrogens with zero attached hydrogens (tertiary/aromatic N) is 2. The smallest absolute Gasteiger partial charge is 0.410 e. The van der Waals surface area contributed by atoms with Gasteiger partial charge in [0.1, 0.15) is 5.60 Å². The van der Waals surface area contributed by atoms with E-state index >= 15 is 0 Å². The Morgan fingerprint density at radius 2 is 1.72 bits per heavy atom. The van der Waals surface area contributed by atoms with Gasteiger partial charge in [-0.1, -0.05) is 0 Å². The van der Waals surface area contributed by atoms with Crippen LogP contribution in [0.4, 0.5) is 4.79 Å². The van der Waals surface area contributed by atoms with E-state index in [-0.39, 0.29) is 12.2 Å². The maximum atomic E-state index is 11.9. The molecule has 104 valence electrons. The van der Waals surface area contributed by atoms with Crippen LogP contribution in [-0.4, -0.2) is 64.9 Å². The second-order valence-corrected chi connectivity index (χ2v) is 6.28. The van der Waals surface area contributed by atoms with Crippen LogP contribution < -0.4 is 0 Å². The van der Waals surface area contributed by atoms with E-state index in [0.717, 1.165) is 39.0 Å². The van der Waals surface area contributed by atoms with Gasteiger partial charge in [-0.2, -0.15) is 0 Å². The molecule has 2 aliphatic rings. The molecule has 18 heavy (non-hydrogen) atoms. The van der Waals surface area contributed by atoms with Crippen LogP contribution in [0.3, 0.4) is 0 Å². The Balaban J connectivity index is 1.74. The maximum absolute atomic E-state index is 11.9. The van der Waals surface area contributed by atoms with E-state index in [1.54, 1.807) is 4.90 Å². The van der Waals surface area contributed by atoms with Crippen LogP contribution in [0.25, 0.3) is 0 Å². The number of hydrogen-bond donors (Lipinski definition) is 1. The molecule has 0 atom stereocenters. The van der Waals surface area contributed by atoms with Crippen molar-refractivity contribution in [2.45, 2.75) is 51.4 Å². The lowest BCUT2D eigenvalue weighted by molar-refractivity contribution is -0.0259. The largest absolute Gasteiger partial charge is 0.444 e. The van der Waals surface area contributed by atoms with Gasteiger partial charge in [-0.15, -0.1) is 0 Å². The summed E-state index contributed by atoms with van der Waals surface area (Å²) in [6.07, 6.45) is 1.44. The molecule has 2 rings (SSSR count). The van der Waals surface area contributed by atoms with Gasteiger partial charge in [-0.25, -0.2) is 4.79 Å². The monoisotopic (exact) mass is 256 g/mol. The summed E-state index contributed by atoms with van der Waals surface area (Å²) in [7, 11) is 0. The number of carbonyl (C=O) groups excluding carboxylic acids is 1. The predicted octanol–water partition coefficient (Wildman–Crippen LogP) is 1.06. The molecular weight excluding hydrogens is 232 g/mol. The van der Waals surface area contributed by atoms with Crippen molar-refractivity contribution in [1.82, 2.24) is 9.80 Å². The quantitative estimate of drug-likeness (QED) is 0.762. The molecule has 5 nitrogen and oxygen atoms in total. The fraction of sp³-hybridized carbons (Fsp3) is 0.923. The number of aliphatic hydroxyl groups is 1. The van der Waals surface area contributed by atoms with Gasteiger partial charge in [0.05, 0.1) is 6.10 Å². The van der Waals surface area contributed by atoms with Gasteiger partial charge in [0.2, 0.25) is 0 Å². The zero-order valence-corrected chi connectivity index (χ0v) is 11.6. The van der Waals surface area contributed by atoms with Crippen molar-refractivity contribution in [2.75, 3.05) is 26.2 Å². The summed E-state index contributed by atoms with van der Waals surface area (Å²) >= 11 is 0. The predicted molar refractivity (Wildman–Crippen MR) is 68.4 cm³/mol. The van der Waals surface area contributed by atoms with Crippen LogP contribution in [0.5, 0.6) is 0 Å². The molecule has 0 aromatic rings. The summed E-state index contributed by atoms with van der Waals surface area (Å²) in [5, 5.41) is 9.31. The van der Waals surface area contributed by atoms with Crippen molar-refractivity contribution in [3.63, 3.8) is 0 Å². The Morgan fingerprint density at radius 3 is 2.17 bits per heavy atom. The summed E-state index contributed by atoms with van der Waals surface area (Å²) in [6.45, 7) is 8.88. The number of piperazine rings is 1. The minimum atomic E-state index is -0.424. The zero-order chi connectivity index (χ0) is 13.3. The SMILES string of the molecule is CC(C)(C)OC(=O)N1CCN([C@H]2C[C@@H](O)C2)CC1. The number of carbonyl (C=O) groups is 1. The van der Waals surface area contributed by atoms with E-state index in [2.05, 4.69) is 4.90 Å². The topological polar surface area (TPSA) is 53.0 Å². The third-order valence-electron chi connectivity index (χ3n) is 3.57. The lowest BCUT2D eigenvalue weighted by atomic mass is 9.88. The lowest BCUT2D eigenvalue weighted by Gasteiger charge is -2.44. The third-order valence-corrected chi connectivity index (χ3v) is 3.57. The molecule has 0 spiro atoms. The van der Waals surface area contributed by atoms with E-state index < -0.39 is 5.60 Å². The molecule has 0 aromatic carbocycles. The van der Waals surface area contributed by atoms with Crippen molar-refractivity contribution in [2.24, 2.45) is 0 Å².